The van der Waals surface area contributed by atoms with Crippen LogP contribution in [0.25, 0.3) is 0 Å². The molecule has 5 heteroatoms. The van der Waals surface area contributed by atoms with E-state index in [1.165, 1.54) is 19.2 Å². The van der Waals surface area contributed by atoms with Crippen molar-refractivity contribution < 1.29 is 24.5 Å². The van der Waals surface area contributed by atoms with Gasteiger partial charge in [0.2, 0.25) is 0 Å². The molecule has 0 aliphatic rings. The minimum atomic E-state index is -0.279. The number of ether oxygens (including phenoxy) is 2. The van der Waals surface area contributed by atoms with Gasteiger partial charge >= 0.3 is 0 Å². The van der Waals surface area contributed by atoms with Gasteiger partial charge in [0.15, 0.2) is 5.78 Å². The molecule has 0 radical (unpaired) electrons. The number of aromatic hydroxyl groups is 2. The Balaban J connectivity index is 2.30. The van der Waals surface area contributed by atoms with E-state index in [4.69, 9.17) is 9.47 Å². The molecule has 2 rings (SSSR count). The van der Waals surface area contributed by atoms with E-state index in [9.17, 15) is 15.0 Å². The Hall–Kier alpha value is -2.69. The van der Waals surface area contributed by atoms with Crippen LogP contribution in [0.2, 0.25) is 0 Å². The van der Waals surface area contributed by atoms with Crippen LogP contribution in [0.1, 0.15) is 15.9 Å². The molecular formula is C16H16O5. The van der Waals surface area contributed by atoms with Crippen molar-refractivity contribution >= 4 is 5.78 Å². The molecule has 0 amide bonds. The Kier molecular flexibility index (Phi) is 4.33. The van der Waals surface area contributed by atoms with Crippen LogP contribution in [0.5, 0.6) is 23.0 Å². The van der Waals surface area contributed by atoms with Gasteiger partial charge in [0, 0.05) is 18.1 Å². The zero-order valence-electron chi connectivity index (χ0n) is 11.8. The second-order valence-electron chi connectivity index (χ2n) is 4.48. The van der Waals surface area contributed by atoms with Gasteiger partial charge in [-0.25, -0.2) is 0 Å². The fourth-order valence-corrected chi connectivity index (χ4v) is 2.04. The number of hydrogen-bond donors (Lipinski definition) is 2. The summed E-state index contributed by atoms with van der Waals surface area (Å²) in [5, 5.41) is 19.0. The third-order valence-corrected chi connectivity index (χ3v) is 3.12. The predicted octanol–water partition coefficient (Wildman–Crippen LogP) is 2.54. The van der Waals surface area contributed by atoms with Gasteiger partial charge in [-0.15, -0.1) is 0 Å². The van der Waals surface area contributed by atoms with Crippen LogP contribution in [0.3, 0.4) is 0 Å². The molecule has 0 aromatic heterocycles. The summed E-state index contributed by atoms with van der Waals surface area (Å²) in [5.41, 5.74) is 0.812. The third kappa shape index (κ3) is 3.25. The summed E-state index contributed by atoms with van der Waals surface area (Å²) in [6, 6.07) is 9.06. The first-order valence-electron chi connectivity index (χ1n) is 6.31. The van der Waals surface area contributed by atoms with Crippen LogP contribution in [0.4, 0.5) is 0 Å². The van der Waals surface area contributed by atoms with Crippen LogP contribution in [-0.4, -0.2) is 30.2 Å². The molecule has 2 aromatic carbocycles. The fourth-order valence-electron chi connectivity index (χ4n) is 2.04. The monoisotopic (exact) mass is 288 g/mol. The van der Waals surface area contributed by atoms with Crippen molar-refractivity contribution in [2.75, 3.05) is 14.2 Å². The number of Topliss-reactive ketones (excluding diaryl/α,β-unsaturated/α-hetero) is 1. The van der Waals surface area contributed by atoms with Crippen molar-refractivity contribution in [3.05, 3.63) is 47.5 Å². The third-order valence-electron chi connectivity index (χ3n) is 3.12. The maximum absolute atomic E-state index is 12.3. The molecule has 110 valence electrons. The van der Waals surface area contributed by atoms with E-state index in [2.05, 4.69) is 0 Å². The Labute approximate surface area is 122 Å². The van der Waals surface area contributed by atoms with Crippen LogP contribution < -0.4 is 9.47 Å². The van der Waals surface area contributed by atoms with Gasteiger partial charge in [-0.3, -0.25) is 4.79 Å². The normalized spacial score (nSPS) is 10.2. The number of benzene rings is 2. The Bertz CT molecular complexity index is 664. The molecule has 0 aliphatic carbocycles. The summed E-state index contributed by atoms with van der Waals surface area (Å²) in [7, 11) is 3.06. The zero-order valence-corrected chi connectivity index (χ0v) is 11.8. The number of carbonyl (C=O) groups excluding carboxylic acids is 1. The molecule has 0 spiro atoms. The van der Waals surface area contributed by atoms with Crippen LogP contribution in [0, 0.1) is 0 Å². The van der Waals surface area contributed by atoms with Crippen molar-refractivity contribution in [1.82, 2.24) is 0 Å². The molecule has 5 nitrogen and oxygen atoms in total. The standard InChI is InChI=1S/C16H16O5/c1-20-12-4-6-16(21-2)10(7-12)8-14(18)13-5-3-11(17)9-15(13)19/h3-7,9,17,19H,8H2,1-2H3. The Morgan fingerprint density at radius 1 is 1.05 bits per heavy atom. The summed E-state index contributed by atoms with van der Waals surface area (Å²) in [6.07, 6.45) is 0.0543. The average molecular weight is 288 g/mol. The summed E-state index contributed by atoms with van der Waals surface area (Å²) < 4.78 is 10.4. The summed E-state index contributed by atoms with van der Waals surface area (Å²) in [6.45, 7) is 0. The summed E-state index contributed by atoms with van der Waals surface area (Å²) in [4.78, 5) is 12.3. The topological polar surface area (TPSA) is 76.0 Å². The van der Waals surface area contributed by atoms with Crippen LogP contribution in [0.15, 0.2) is 36.4 Å². The number of rotatable bonds is 5. The maximum atomic E-state index is 12.3. The smallest absolute Gasteiger partial charge is 0.171 e. The van der Waals surface area contributed by atoms with E-state index in [1.54, 1.807) is 25.3 Å². The van der Waals surface area contributed by atoms with Crippen molar-refractivity contribution in [3.63, 3.8) is 0 Å². The van der Waals surface area contributed by atoms with Crippen molar-refractivity contribution in [1.29, 1.82) is 0 Å². The molecule has 2 aromatic rings. The van der Waals surface area contributed by atoms with Gasteiger partial charge in [-0.2, -0.15) is 0 Å². The lowest BCUT2D eigenvalue weighted by atomic mass is 10.0. The lowest BCUT2D eigenvalue weighted by Crippen LogP contribution is -2.05. The average Bonchev–Trinajstić information content (AvgIpc) is 2.46. The highest BCUT2D eigenvalue weighted by Crippen LogP contribution is 2.28. The van der Waals surface area contributed by atoms with E-state index in [1.807, 2.05) is 0 Å². The SMILES string of the molecule is COc1ccc(OC)c(CC(=O)c2ccc(O)cc2O)c1. The molecule has 0 aliphatic heterocycles. The van der Waals surface area contributed by atoms with Crippen molar-refractivity contribution in [3.8, 4) is 23.0 Å². The molecule has 0 atom stereocenters. The van der Waals surface area contributed by atoms with E-state index < -0.39 is 0 Å². The molecule has 2 N–H and O–H groups in total. The van der Waals surface area contributed by atoms with Crippen LogP contribution in [-0.2, 0) is 6.42 Å². The fraction of sp³-hybridized carbons (Fsp3) is 0.188. The first-order chi connectivity index (χ1) is 10.0. The summed E-state index contributed by atoms with van der Waals surface area (Å²) >= 11 is 0. The Morgan fingerprint density at radius 2 is 1.81 bits per heavy atom. The van der Waals surface area contributed by atoms with Gasteiger partial charge in [-0.05, 0) is 30.3 Å². The minimum Gasteiger partial charge on any atom is -0.508 e. The highest BCUT2D eigenvalue weighted by atomic mass is 16.5. The number of methoxy groups -OCH3 is 2. The van der Waals surface area contributed by atoms with Crippen LogP contribution >= 0.6 is 0 Å². The lowest BCUT2D eigenvalue weighted by molar-refractivity contribution is 0.0989. The van der Waals surface area contributed by atoms with Gasteiger partial charge in [-0.1, -0.05) is 0 Å². The first-order valence-corrected chi connectivity index (χ1v) is 6.31. The zero-order chi connectivity index (χ0) is 15.4. The number of phenolic OH excluding ortho intramolecular Hbond substituents is 2. The maximum Gasteiger partial charge on any atom is 0.171 e. The van der Waals surface area contributed by atoms with Crippen molar-refractivity contribution in [2.24, 2.45) is 0 Å². The van der Waals surface area contributed by atoms with E-state index in [0.717, 1.165) is 6.07 Å². The van der Waals surface area contributed by atoms with Crippen molar-refractivity contribution in [2.45, 2.75) is 6.42 Å². The minimum absolute atomic E-state index is 0.0543. The van der Waals surface area contributed by atoms with E-state index in [0.29, 0.717) is 17.1 Å². The summed E-state index contributed by atoms with van der Waals surface area (Å²) in [5.74, 6) is 0.569. The number of phenols is 2. The number of carbonyl (C=O) groups is 1. The van der Waals surface area contributed by atoms with E-state index in [-0.39, 0.29) is 29.3 Å². The van der Waals surface area contributed by atoms with Gasteiger partial charge in [0.1, 0.15) is 23.0 Å². The second-order valence-corrected chi connectivity index (χ2v) is 4.48. The molecule has 0 heterocycles. The van der Waals surface area contributed by atoms with Gasteiger partial charge in [0.25, 0.3) is 0 Å². The largest absolute Gasteiger partial charge is 0.508 e. The molecule has 0 saturated carbocycles. The molecule has 0 saturated heterocycles. The molecular weight excluding hydrogens is 272 g/mol. The molecule has 21 heavy (non-hydrogen) atoms. The number of ketones is 1. The first kappa shape index (κ1) is 14.7. The van der Waals surface area contributed by atoms with Gasteiger partial charge < -0.3 is 19.7 Å². The Morgan fingerprint density at radius 3 is 2.43 bits per heavy atom. The number of hydrogen-bond acceptors (Lipinski definition) is 5. The van der Waals surface area contributed by atoms with Gasteiger partial charge in [0.05, 0.1) is 19.8 Å². The highest BCUT2D eigenvalue weighted by Gasteiger charge is 2.15. The highest BCUT2D eigenvalue weighted by molar-refractivity contribution is 6.00. The molecule has 0 bridgehead atoms. The predicted molar refractivity (Wildman–Crippen MR) is 77.4 cm³/mol. The molecule has 0 unspecified atom stereocenters. The quantitative estimate of drug-likeness (QED) is 0.827. The molecule has 0 fully saturated rings. The second kappa shape index (κ2) is 6.17. The lowest BCUT2D eigenvalue weighted by Gasteiger charge is -2.10. The van der Waals surface area contributed by atoms with E-state index >= 15 is 0 Å².